The second kappa shape index (κ2) is 3.72. The van der Waals surface area contributed by atoms with Crippen LogP contribution in [0, 0.1) is 6.57 Å². The largest absolute Gasteiger partial charge is 0.385 e. The maximum Gasteiger partial charge on any atom is 0.385 e. The highest BCUT2D eigenvalue weighted by Crippen LogP contribution is 2.12. The summed E-state index contributed by atoms with van der Waals surface area (Å²) >= 11 is 0. The average Bonchev–Trinajstić information content (AvgIpc) is 2.17. The summed E-state index contributed by atoms with van der Waals surface area (Å²) in [4.78, 5) is 15.7. The monoisotopic (exact) mass is 174 g/mol. The zero-order chi connectivity index (χ0) is 9.84. The van der Waals surface area contributed by atoms with Crippen molar-refractivity contribution in [1.82, 2.24) is 0 Å². The third kappa shape index (κ3) is 2.06. The van der Waals surface area contributed by atoms with Crippen molar-refractivity contribution in [3.63, 3.8) is 0 Å². The van der Waals surface area contributed by atoms with Crippen molar-refractivity contribution in [3.05, 3.63) is 41.2 Å². The maximum absolute atomic E-state index is 10.9. The number of amides is 1. The van der Waals surface area contributed by atoms with E-state index in [2.05, 4.69) is 4.85 Å². The summed E-state index contributed by atoms with van der Waals surface area (Å²) in [5.41, 5.74) is 1.46. The Balaban J connectivity index is 2.95. The van der Waals surface area contributed by atoms with E-state index in [9.17, 15) is 4.79 Å². The lowest BCUT2D eigenvalue weighted by Crippen LogP contribution is -2.08. The zero-order valence-corrected chi connectivity index (χ0v) is 7.61. The summed E-state index contributed by atoms with van der Waals surface area (Å²) in [6, 6.07) is 6.96. The molecule has 0 radical (unpaired) electrons. The van der Waals surface area contributed by atoms with Gasteiger partial charge in [0.05, 0.1) is 6.57 Å². The summed E-state index contributed by atoms with van der Waals surface area (Å²) in [5, 5.41) is 0. The molecule has 3 heteroatoms. The number of rotatable bonds is 2. The van der Waals surface area contributed by atoms with Gasteiger partial charge in [0.1, 0.15) is 0 Å². The Bertz CT molecular complexity index is 346. The number of benzene rings is 1. The van der Waals surface area contributed by atoms with Gasteiger partial charge in [-0.25, -0.2) is 0 Å². The van der Waals surface area contributed by atoms with E-state index in [0.717, 1.165) is 5.69 Å². The van der Waals surface area contributed by atoms with Crippen LogP contribution in [0.5, 0.6) is 0 Å². The maximum atomic E-state index is 10.9. The van der Waals surface area contributed by atoms with Crippen molar-refractivity contribution in [3.8, 4) is 0 Å². The van der Waals surface area contributed by atoms with Gasteiger partial charge in [0.25, 0.3) is 0 Å². The molecule has 0 aliphatic rings. The van der Waals surface area contributed by atoms with Gasteiger partial charge in [-0.05, 0) is 12.1 Å². The lowest BCUT2D eigenvalue weighted by molar-refractivity contribution is 0.104. The minimum Gasteiger partial charge on any atom is -0.378 e. The molecule has 1 rings (SSSR count). The fraction of sp³-hybridized carbons (Fsp3) is 0.200. The van der Waals surface area contributed by atoms with Crippen LogP contribution in [-0.4, -0.2) is 20.0 Å². The van der Waals surface area contributed by atoms with E-state index in [-0.39, 0.29) is 0 Å². The number of carbonyl (C=O) groups is 1. The molecule has 1 aromatic rings. The number of nitrogens with zero attached hydrogens (tertiary/aromatic N) is 2. The molecule has 3 nitrogen and oxygen atoms in total. The minimum atomic E-state index is -0.509. The molecule has 0 spiro atoms. The van der Waals surface area contributed by atoms with Gasteiger partial charge < -0.3 is 9.69 Å². The molecule has 66 valence electrons. The zero-order valence-electron chi connectivity index (χ0n) is 7.61. The third-order valence-corrected chi connectivity index (χ3v) is 1.73. The first kappa shape index (κ1) is 9.27. The van der Waals surface area contributed by atoms with Gasteiger partial charge in [0.2, 0.25) is 0 Å². The number of hydrogen-bond acceptors (Lipinski definition) is 2. The summed E-state index contributed by atoms with van der Waals surface area (Å²) in [5.74, 6) is -0.509. The van der Waals surface area contributed by atoms with Crippen molar-refractivity contribution < 1.29 is 4.79 Å². The van der Waals surface area contributed by atoms with Crippen molar-refractivity contribution in [2.45, 2.75) is 0 Å². The summed E-state index contributed by atoms with van der Waals surface area (Å²) in [7, 11) is 3.84. The van der Waals surface area contributed by atoms with Crippen LogP contribution in [0.3, 0.4) is 0 Å². The Morgan fingerprint density at radius 2 is 1.85 bits per heavy atom. The van der Waals surface area contributed by atoms with E-state index in [0.29, 0.717) is 5.56 Å². The van der Waals surface area contributed by atoms with Crippen LogP contribution in [0.25, 0.3) is 4.85 Å². The summed E-state index contributed by atoms with van der Waals surface area (Å²) in [6.45, 7) is 6.55. The van der Waals surface area contributed by atoms with Gasteiger partial charge >= 0.3 is 5.91 Å². The molecule has 1 amide bonds. The van der Waals surface area contributed by atoms with Crippen molar-refractivity contribution in [1.29, 1.82) is 0 Å². The second-order valence-electron chi connectivity index (χ2n) is 2.86. The van der Waals surface area contributed by atoms with Crippen LogP contribution in [0.4, 0.5) is 5.69 Å². The molecule has 0 aliphatic carbocycles. The molecule has 0 bridgehead atoms. The molecular weight excluding hydrogens is 164 g/mol. The molecule has 1 aromatic carbocycles. The first-order valence-electron chi connectivity index (χ1n) is 3.84. The summed E-state index contributed by atoms with van der Waals surface area (Å²) < 4.78 is 0. The standard InChI is InChI=1S/C10H10N2O/c1-11-10(13)8-4-6-9(7-5-8)12(2)3/h4-7H,2-3H3. The predicted octanol–water partition coefficient (Wildman–Crippen LogP) is 1.81. The Morgan fingerprint density at radius 1 is 1.31 bits per heavy atom. The second-order valence-corrected chi connectivity index (χ2v) is 2.86. The molecule has 0 aromatic heterocycles. The van der Waals surface area contributed by atoms with Gasteiger partial charge in [-0.2, -0.15) is 4.85 Å². The first-order valence-corrected chi connectivity index (χ1v) is 3.84. The predicted molar refractivity (Wildman–Crippen MR) is 51.7 cm³/mol. The van der Waals surface area contributed by atoms with Gasteiger partial charge in [-0.3, -0.25) is 0 Å². The topological polar surface area (TPSA) is 24.7 Å². The van der Waals surface area contributed by atoms with E-state index >= 15 is 0 Å². The van der Waals surface area contributed by atoms with E-state index in [1.54, 1.807) is 12.1 Å². The van der Waals surface area contributed by atoms with Crippen molar-refractivity contribution in [2.75, 3.05) is 19.0 Å². The SMILES string of the molecule is [C-]#[N+]C(=O)c1ccc(N(C)C)cc1. The molecule has 0 unspecified atom stereocenters. The Hall–Kier alpha value is -1.82. The molecule has 0 N–H and O–H groups in total. The normalized spacial score (nSPS) is 9.00. The lowest BCUT2D eigenvalue weighted by Gasteiger charge is -2.11. The lowest BCUT2D eigenvalue weighted by atomic mass is 10.2. The molecular formula is C10H10N2O. The highest BCUT2D eigenvalue weighted by molar-refractivity contribution is 6.01. The smallest absolute Gasteiger partial charge is 0.378 e. The van der Waals surface area contributed by atoms with Crippen LogP contribution in [-0.2, 0) is 0 Å². The molecule has 0 fully saturated rings. The van der Waals surface area contributed by atoms with Gasteiger partial charge in [-0.1, -0.05) is 12.1 Å². The number of anilines is 1. The Morgan fingerprint density at radius 3 is 2.23 bits per heavy atom. The van der Waals surface area contributed by atoms with Gasteiger partial charge in [0.15, 0.2) is 0 Å². The van der Waals surface area contributed by atoms with Crippen molar-refractivity contribution in [2.24, 2.45) is 0 Å². The van der Waals surface area contributed by atoms with Crippen LogP contribution < -0.4 is 4.90 Å². The van der Waals surface area contributed by atoms with E-state index in [4.69, 9.17) is 6.57 Å². The third-order valence-electron chi connectivity index (χ3n) is 1.73. The molecule has 0 aliphatic heterocycles. The van der Waals surface area contributed by atoms with Gasteiger partial charge in [0, 0.05) is 25.3 Å². The Labute approximate surface area is 77.4 Å². The fourth-order valence-electron chi connectivity index (χ4n) is 0.967. The molecule has 0 saturated heterocycles. The highest BCUT2D eigenvalue weighted by atomic mass is 16.1. The van der Waals surface area contributed by atoms with Crippen molar-refractivity contribution >= 4 is 11.6 Å². The quantitative estimate of drug-likeness (QED) is 0.639. The number of hydrogen-bond donors (Lipinski definition) is 0. The van der Waals surface area contributed by atoms with E-state index in [1.165, 1.54) is 0 Å². The average molecular weight is 174 g/mol. The summed E-state index contributed by atoms with van der Waals surface area (Å²) in [6.07, 6.45) is 0. The molecule has 0 heterocycles. The van der Waals surface area contributed by atoms with Gasteiger partial charge in [-0.15, -0.1) is 0 Å². The first-order chi connectivity index (χ1) is 6.15. The fourth-order valence-corrected chi connectivity index (χ4v) is 0.967. The number of carbonyl (C=O) groups excluding carboxylic acids is 1. The highest BCUT2D eigenvalue weighted by Gasteiger charge is 2.03. The van der Waals surface area contributed by atoms with E-state index < -0.39 is 5.91 Å². The molecule has 0 atom stereocenters. The Kier molecular flexibility index (Phi) is 2.65. The van der Waals surface area contributed by atoms with Crippen LogP contribution in [0.1, 0.15) is 10.4 Å². The van der Waals surface area contributed by atoms with Crippen LogP contribution >= 0.6 is 0 Å². The minimum absolute atomic E-state index is 0.445. The van der Waals surface area contributed by atoms with Crippen LogP contribution in [0.15, 0.2) is 24.3 Å². The van der Waals surface area contributed by atoms with E-state index in [1.807, 2.05) is 31.1 Å². The molecule has 0 saturated carbocycles. The van der Waals surface area contributed by atoms with Crippen LogP contribution in [0.2, 0.25) is 0 Å². The molecule has 13 heavy (non-hydrogen) atoms.